The first-order valence-electron chi connectivity index (χ1n) is 6.28. The lowest BCUT2D eigenvalue weighted by Gasteiger charge is -2.07. The standard InChI is InChI=1S/C15H15ClO4/c16-10-13-9-14(17)15(11-20-13)19-8-4-7-18-12-5-2-1-3-6-12/h1-3,5-6,9,11H,4,7-8,10H2. The molecule has 1 aromatic carbocycles. The van der Waals surface area contributed by atoms with Gasteiger partial charge in [0.25, 0.3) is 0 Å². The molecule has 0 aliphatic heterocycles. The molecule has 0 aliphatic rings. The Morgan fingerprint density at radius 2 is 1.85 bits per heavy atom. The van der Waals surface area contributed by atoms with Crippen LogP contribution >= 0.6 is 11.6 Å². The van der Waals surface area contributed by atoms with Gasteiger partial charge in [-0.1, -0.05) is 18.2 Å². The molecular weight excluding hydrogens is 280 g/mol. The predicted molar refractivity (Wildman–Crippen MR) is 76.6 cm³/mol. The second-order valence-electron chi connectivity index (χ2n) is 4.07. The third-order valence-electron chi connectivity index (χ3n) is 2.54. The molecule has 0 unspecified atom stereocenters. The summed E-state index contributed by atoms with van der Waals surface area (Å²) in [5, 5.41) is 0. The third kappa shape index (κ3) is 4.31. The second kappa shape index (κ2) is 7.60. The summed E-state index contributed by atoms with van der Waals surface area (Å²) < 4.78 is 16.0. The van der Waals surface area contributed by atoms with Crippen molar-refractivity contribution in [2.24, 2.45) is 0 Å². The molecule has 1 aromatic heterocycles. The second-order valence-corrected chi connectivity index (χ2v) is 4.34. The first-order chi connectivity index (χ1) is 9.79. The van der Waals surface area contributed by atoms with Gasteiger partial charge in [0.1, 0.15) is 17.8 Å². The highest BCUT2D eigenvalue weighted by Crippen LogP contribution is 2.10. The van der Waals surface area contributed by atoms with Gasteiger partial charge in [0.2, 0.25) is 11.2 Å². The van der Waals surface area contributed by atoms with E-state index in [9.17, 15) is 4.79 Å². The van der Waals surface area contributed by atoms with Crippen LogP contribution in [0.1, 0.15) is 12.2 Å². The molecule has 0 bridgehead atoms. The molecular formula is C15H15ClO4. The SMILES string of the molecule is O=c1cc(CCl)occ1OCCCOc1ccccc1. The van der Waals surface area contributed by atoms with Gasteiger partial charge in [0.05, 0.1) is 19.1 Å². The zero-order chi connectivity index (χ0) is 14.2. The van der Waals surface area contributed by atoms with Crippen LogP contribution in [0.15, 0.2) is 51.9 Å². The van der Waals surface area contributed by atoms with Gasteiger partial charge in [-0.3, -0.25) is 4.79 Å². The number of rotatable bonds is 7. The molecule has 106 valence electrons. The van der Waals surface area contributed by atoms with Crippen molar-refractivity contribution in [3.63, 3.8) is 0 Å². The average Bonchev–Trinajstić information content (AvgIpc) is 2.49. The molecule has 0 radical (unpaired) electrons. The first-order valence-corrected chi connectivity index (χ1v) is 6.81. The van der Waals surface area contributed by atoms with Gasteiger partial charge in [0, 0.05) is 12.5 Å². The van der Waals surface area contributed by atoms with E-state index in [0.29, 0.717) is 25.4 Å². The third-order valence-corrected chi connectivity index (χ3v) is 2.81. The van der Waals surface area contributed by atoms with Crippen molar-refractivity contribution in [3.05, 3.63) is 58.6 Å². The van der Waals surface area contributed by atoms with Gasteiger partial charge in [0.15, 0.2) is 0 Å². The normalized spacial score (nSPS) is 10.2. The quantitative estimate of drug-likeness (QED) is 0.581. The number of ether oxygens (including phenoxy) is 2. The van der Waals surface area contributed by atoms with Crippen LogP contribution < -0.4 is 14.9 Å². The van der Waals surface area contributed by atoms with Gasteiger partial charge in [-0.05, 0) is 12.1 Å². The van der Waals surface area contributed by atoms with Crippen molar-refractivity contribution in [3.8, 4) is 11.5 Å². The molecule has 2 rings (SSSR count). The van der Waals surface area contributed by atoms with Crippen LogP contribution in [0.3, 0.4) is 0 Å². The minimum absolute atomic E-state index is 0.167. The van der Waals surface area contributed by atoms with E-state index in [1.807, 2.05) is 30.3 Å². The van der Waals surface area contributed by atoms with E-state index in [1.165, 1.54) is 12.3 Å². The van der Waals surface area contributed by atoms with Crippen molar-refractivity contribution >= 4 is 11.6 Å². The summed E-state index contributed by atoms with van der Waals surface area (Å²) in [4.78, 5) is 11.6. The van der Waals surface area contributed by atoms with Crippen LogP contribution in [0.4, 0.5) is 0 Å². The van der Waals surface area contributed by atoms with E-state index in [2.05, 4.69) is 0 Å². The Kier molecular flexibility index (Phi) is 5.50. The van der Waals surface area contributed by atoms with Gasteiger partial charge >= 0.3 is 0 Å². The largest absolute Gasteiger partial charge is 0.493 e. The van der Waals surface area contributed by atoms with Crippen LogP contribution in [-0.2, 0) is 5.88 Å². The summed E-state index contributed by atoms with van der Waals surface area (Å²) in [6.07, 6.45) is 1.96. The Balaban J connectivity index is 1.72. The van der Waals surface area contributed by atoms with E-state index < -0.39 is 0 Å². The van der Waals surface area contributed by atoms with Crippen LogP contribution in [-0.4, -0.2) is 13.2 Å². The molecule has 1 heterocycles. The maximum absolute atomic E-state index is 11.6. The van der Waals surface area contributed by atoms with Crippen molar-refractivity contribution in [2.75, 3.05) is 13.2 Å². The minimum atomic E-state index is -0.226. The number of alkyl halides is 1. The van der Waals surface area contributed by atoms with E-state index in [1.54, 1.807) is 0 Å². The monoisotopic (exact) mass is 294 g/mol. The lowest BCUT2D eigenvalue weighted by Crippen LogP contribution is -2.11. The van der Waals surface area contributed by atoms with Gasteiger partial charge in [-0.15, -0.1) is 11.6 Å². The van der Waals surface area contributed by atoms with Crippen molar-refractivity contribution in [1.29, 1.82) is 0 Å². The number of benzene rings is 1. The molecule has 5 heteroatoms. The van der Waals surface area contributed by atoms with Gasteiger partial charge < -0.3 is 13.9 Å². The Hall–Kier alpha value is -1.94. The zero-order valence-electron chi connectivity index (χ0n) is 10.9. The molecule has 20 heavy (non-hydrogen) atoms. The van der Waals surface area contributed by atoms with E-state index in [4.69, 9.17) is 25.5 Å². The maximum atomic E-state index is 11.6. The summed E-state index contributed by atoms with van der Waals surface area (Å²) in [5.74, 6) is 1.61. The summed E-state index contributed by atoms with van der Waals surface area (Å²) in [6, 6.07) is 10.9. The summed E-state index contributed by atoms with van der Waals surface area (Å²) in [5.41, 5.74) is -0.226. The van der Waals surface area contributed by atoms with Gasteiger partial charge in [-0.25, -0.2) is 0 Å². The Labute approximate surface area is 121 Å². The van der Waals surface area contributed by atoms with E-state index in [0.717, 1.165) is 5.75 Å². The number of para-hydroxylation sites is 1. The smallest absolute Gasteiger partial charge is 0.227 e. The maximum Gasteiger partial charge on any atom is 0.227 e. The van der Waals surface area contributed by atoms with Gasteiger partial charge in [-0.2, -0.15) is 0 Å². The average molecular weight is 295 g/mol. The topological polar surface area (TPSA) is 48.7 Å². The molecule has 0 spiro atoms. The number of halogens is 1. The lowest BCUT2D eigenvalue weighted by atomic mass is 10.3. The van der Waals surface area contributed by atoms with Crippen molar-refractivity contribution < 1.29 is 13.9 Å². The summed E-state index contributed by atoms with van der Waals surface area (Å²) >= 11 is 5.57. The Bertz CT molecular complexity index is 580. The first kappa shape index (κ1) is 14.5. The lowest BCUT2D eigenvalue weighted by molar-refractivity contribution is 0.241. The van der Waals surface area contributed by atoms with E-state index >= 15 is 0 Å². The van der Waals surface area contributed by atoms with Crippen molar-refractivity contribution in [2.45, 2.75) is 12.3 Å². The fourth-order valence-corrected chi connectivity index (χ4v) is 1.70. The highest BCUT2D eigenvalue weighted by Gasteiger charge is 2.03. The van der Waals surface area contributed by atoms with Crippen LogP contribution in [0.5, 0.6) is 11.5 Å². The fourth-order valence-electron chi connectivity index (χ4n) is 1.56. The Morgan fingerprint density at radius 1 is 1.10 bits per heavy atom. The van der Waals surface area contributed by atoms with Crippen LogP contribution in [0.25, 0.3) is 0 Å². The number of hydrogen-bond acceptors (Lipinski definition) is 4. The van der Waals surface area contributed by atoms with E-state index in [-0.39, 0.29) is 17.1 Å². The molecule has 0 saturated heterocycles. The molecule has 2 aromatic rings. The molecule has 0 N–H and O–H groups in total. The highest BCUT2D eigenvalue weighted by molar-refractivity contribution is 6.16. The highest BCUT2D eigenvalue weighted by atomic mass is 35.5. The molecule has 0 saturated carbocycles. The summed E-state index contributed by atoms with van der Waals surface area (Å²) in [7, 11) is 0. The van der Waals surface area contributed by atoms with Crippen molar-refractivity contribution in [1.82, 2.24) is 0 Å². The molecule has 0 amide bonds. The molecule has 0 aliphatic carbocycles. The molecule has 4 nitrogen and oxygen atoms in total. The van der Waals surface area contributed by atoms with Crippen LogP contribution in [0.2, 0.25) is 0 Å². The summed E-state index contributed by atoms with van der Waals surface area (Å²) in [6.45, 7) is 0.910. The zero-order valence-corrected chi connectivity index (χ0v) is 11.6. The Morgan fingerprint density at radius 3 is 2.55 bits per heavy atom. The predicted octanol–water partition coefficient (Wildman–Crippen LogP) is 3.23. The minimum Gasteiger partial charge on any atom is -0.493 e. The van der Waals surface area contributed by atoms with Crippen LogP contribution in [0, 0.1) is 0 Å². The molecule has 0 atom stereocenters. The molecule has 0 fully saturated rings. The number of hydrogen-bond donors (Lipinski definition) is 0. The fraction of sp³-hybridized carbons (Fsp3) is 0.267.